The minimum absolute atomic E-state index is 0.115. The third kappa shape index (κ3) is 5.85. The van der Waals surface area contributed by atoms with Crippen molar-refractivity contribution in [2.45, 2.75) is 12.1 Å². The lowest BCUT2D eigenvalue weighted by molar-refractivity contribution is -0.113. The Kier molecular flexibility index (Phi) is 7.74. The van der Waals surface area contributed by atoms with Crippen molar-refractivity contribution in [3.05, 3.63) is 78.6 Å². The second-order valence-electron chi connectivity index (χ2n) is 7.21. The van der Waals surface area contributed by atoms with E-state index in [1.54, 1.807) is 50.7 Å². The van der Waals surface area contributed by atoms with Crippen LogP contribution in [-0.2, 0) is 9.53 Å². The van der Waals surface area contributed by atoms with Gasteiger partial charge in [-0.3, -0.25) is 14.3 Å². The summed E-state index contributed by atoms with van der Waals surface area (Å²) in [4.78, 5) is 28.5. The Bertz CT molecular complexity index is 1290. The quantitative estimate of drug-likeness (QED) is 0.275. The molecule has 1 N–H and O–H groups in total. The van der Waals surface area contributed by atoms with Crippen LogP contribution in [-0.4, -0.2) is 51.1 Å². The summed E-state index contributed by atoms with van der Waals surface area (Å²) >= 11 is 1.27. The fourth-order valence-corrected chi connectivity index (χ4v) is 4.00. The molecule has 4 rings (SSSR count). The smallest absolute Gasteiger partial charge is 0.338 e. The van der Waals surface area contributed by atoms with Crippen molar-refractivity contribution in [1.82, 2.24) is 19.7 Å². The van der Waals surface area contributed by atoms with Crippen molar-refractivity contribution in [1.29, 1.82) is 0 Å². The average molecular weight is 490 g/mol. The minimum Gasteiger partial charge on any atom is -0.497 e. The lowest BCUT2D eigenvalue weighted by Crippen LogP contribution is -2.15. The van der Waals surface area contributed by atoms with Crippen LogP contribution in [0.15, 0.2) is 78.2 Å². The highest BCUT2D eigenvalue weighted by atomic mass is 32.2. The zero-order chi connectivity index (χ0) is 24.6. The second kappa shape index (κ2) is 11.3. The number of carbonyl (C=O) groups is 2. The van der Waals surface area contributed by atoms with E-state index in [0.717, 1.165) is 17.0 Å². The summed E-state index contributed by atoms with van der Waals surface area (Å²) in [5.41, 5.74) is 2.69. The molecule has 9 nitrogen and oxygen atoms in total. The Hall–Kier alpha value is -4.18. The van der Waals surface area contributed by atoms with E-state index in [-0.39, 0.29) is 11.7 Å². The number of ether oxygens (including phenoxy) is 2. The molecule has 178 valence electrons. The molecule has 0 fully saturated rings. The van der Waals surface area contributed by atoms with Crippen LogP contribution in [0.25, 0.3) is 17.1 Å². The highest BCUT2D eigenvalue weighted by Crippen LogP contribution is 2.28. The van der Waals surface area contributed by atoms with Gasteiger partial charge in [0.05, 0.1) is 25.0 Å². The van der Waals surface area contributed by atoms with Crippen molar-refractivity contribution >= 4 is 29.3 Å². The molecule has 0 radical (unpaired) electrons. The van der Waals surface area contributed by atoms with Gasteiger partial charge in [0.1, 0.15) is 5.75 Å². The molecule has 0 aliphatic heterocycles. The number of hydrogen-bond donors (Lipinski definition) is 1. The largest absolute Gasteiger partial charge is 0.497 e. The molecule has 0 aliphatic rings. The van der Waals surface area contributed by atoms with E-state index < -0.39 is 5.97 Å². The molecule has 0 unspecified atom stereocenters. The Morgan fingerprint density at radius 3 is 2.34 bits per heavy atom. The minimum atomic E-state index is -0.399. The summed E-state index contributed by atoms with van der Waals surface area (Å²) in [6.07, 6.45) is 3.38. The van der Waals surface area contributed by atoms with Crippen molar-refractivity contribution in [2.75, 3.05) is 24.8 Å². The molecule has 2 aromatic carbocycles. The first kappa shape index (κ1) is 24.0. The lowest BCUT2D eigenvalue weighted by Gasteiger charge is -2.11. The van der Waals surface area contributed by atoms with Gasteiger partial charge in [0.25, 0.3) is 0 Å². The zero-order valence-electron chi connectivity index (χ0n) is 19.2. The second-order valence-corrected chi connectivity index (χ2v) is 8.15. The fourth-order valence-electron chi connectivity index (χ4n) is 3.25. The van der Waals surface area contributed by atoms with Crippen LogP contribution in [0.1, 0.15) is 17.3 Å². The van der Waals surface area contributed by atoms with Gasteiger partial charge < -0.3 is 14.8 Å². The third-order valence-electron chi connectivity index (χ3n) is 4.91. The van der Waals surface area contributed by atoms with Gasteiger partial charge in [0.15, 0.2) is 11.0 Å². The fraction of sp³-hybridized carbons (Fsp3) is 0.160. The van der Waals surface area contributed by atoms with Gasteiger partial charge in [0.2, 0.25) is 5.91 Å². The summed E-state index contributed by atoms with van der Waals surface area (Å²) in [5, 5.41) is 12.1. The number of thioether (sulfide) groups is 1. The lowest BCUT2D eigenvalue weighted by atomic mass is 10.2. The molecule has 4 aromatic rings. The predicted octanol–water partition coefficient (Wildman–Crippen LogP) is 4.25. The maximum atomic E-state index is 12.6. The van der Waals surface area contributed by atoms with Crippen LogP contribution in [0.3, 0.4) is 0 Å². The van der Waals surface area contributed by atoms with Gasteiger partial charge in [0, 0.05) is 29.3 Å². The van der Waals surface area contributed by atoms with E-state index in [1.165, 1.54) is 11.8 Å². The first-order chi connectivity index (χ1) is 17.1. The van der Waals surface area contributed by atoms with Crippen LogP contribution >= 0.6 is 11.8 Å². The molecule has 0 spiro atoms. The maximum absolute atomic E-state index is 12.6. The Morgan fingerprint density at radius 2 is 1.69 bits per heavy atom. The number of carbonyl (C=O) groups excluding carboxylic acids is 2. The molecule has 2 aromatic heterocycles. The number of pyridine rings is 1. The Morgan fingerprint density at radius 1 is 0.971 bits per heavy atom. The SMILES string of the molecule is CCOC(=O)c1ccc(NC(=O)CSc2nnc(-c3ccncc3)n2-c2ccc(OC)cc2)cc1. The van der Waals surface area contributed by atoms with Gasteiger partial charge in [-0.25, -0.2) is 4.79 Å². The highest BCUT2D eigenvalue weighted by molar-refractivity contribution is 7.99. The molecular formula is C25H23N5O4S. The first-order valence-electron chi connectivity index (χ1n) is 10.8. The van der Waals surface area contributed by atoms with Crippen molar-refractivity contribution in [2.24, 2.45) is 0 Å². The number of methoxy groups -OCH3 is 1. The number of aromatic nitrogens is 4. The number of anilines is 1. The number of amides is 1. The van der Waals surface area contributed by atoms with Crippen LogP contribution in [0, 0.1) is 0 Å². The van der Waals surface area contributed by atoms with Crippen molar-refractivity contribution in [3.63, 3.8) is 0 Å². The molecule has 10 heteroatoms. The summed E-state index contributed by atoms with van der Waals surface area (Å²) in [6.45, 7) is 2.05. The summed E-state index contributed by atoms with van der Waals surface area (Å²) in [6, 6.07) is 17.8. The average Bonchev–Trinajstić information content (AvgIpc) is 3.32. The van der Waals surface area contributed by atoms with Gasteiger partial charge in [-0.1, -0.05) is 11.8 Å². The van der Waals surface area contributed by atoms with Gasteiger partial charge >= 0.3 is 5.97 Å². The normalized spacial score (nSPS) is 10.6. The monoisotopic (exact) mass is 489 g/mol. The van der Waals surface area contributed by atoms with Gasteiger partial charge in [-0.2, -0.15) is 0 Å². The number of hydrogen-bond acceptors (Lipinski definition) is 8. The first-order valence-corrected chi connectivity index (χ1v) is 11.8. The summed E-state index contributed by atoms with van der Waals surface area (Å²) in [5.74, 6) is 0.867. The molecule has 0 atom stereocenters. The van der Waals surface area contributed by atoms with Crippen LogP contribution in [0.5, 0.6) is 5.75 Å². The number of rotatable bonds is 9. The standard InChI is InChI=1S/C25H23N5O4S/c1-3-34-24(32)18-4-6-19(7-5-18)27-22(31)16-35-25-29-28-23(17-12-14-26-15-13-17)30(25)20-8-10-21(33-2)11-9-20/h4-15H,3,16H2,1-2H3,(H,27,31). The summed E-state index contributed by atoms with van der Waals surface area (Å²) in [7, 11) is 1.61. The van der Waals surface area contributed by atoms with E-state index in [0.29, 0.717) is 28.8 Å². The number of nitrogens with one attached hydrogen (secondary N) is 1. The zero-order valence-corrected chi connectivity index (χ0v) is 20.0. The van der Waals surface area contributed by atoms with Crippen molar-refractivity contribution in [3.8, 4) is 22.8 Å². The van der Waals surface area contributed by atoms with E-state index in [4.69, 9.17) is 9.47 Å². The molecule has 0 saturated carbocycles. The van der Waals surface area contributed by atoms with Gasteiger partial charge in [-0.05, 0) is 67.6 Å². The summed E-state index contributed by atoms with van der Waals surface area (Å²) < 4.78 is 12.1. The molecule has 2 heterocycles. The number of nitrogens with zero attached hydrogens (tertiary/aromatic N) is 4. The highest BCUT2D eigenvalue weighted by Gasteiger charge is 2.18. The topological polar surface area (TPSA) is 108 Å². The van der Waals surface area contributed by atoms with Crippen LogP contribution in [0.2, 0.25) is 0 Å². The number of benzene rings is 2. The molecule has 35 heavy (non-hydrogen) atoms. The van der Waals surface area contributed by atoms with Crippen LogP contribution in [0.4, 0.5) is 5.69 Å². The van der Waals surface area contributed by atoms with E-state index in [2.05, 4.69) is 20.5 Å². The molecule has 0 saturated heterocycles. The Labute approximate surface area is 206 Å². The van der Waals surface area contributed by atoms with E-state index in [9.17, 15) is 9.59 Å². The predicted molar refractivity (Wildman–Crippen MR) is 133 cm³/mol. The molecular weight excluding hydrogens is 466 g/mol. The number of esters is 1. The molecule has 0 bridgehead atoms. The van der Waals surface area contributed by atoms with Crippen molar-refractivity contribution < 1.29 is 19.1 Å². The van der Waals surface area contributed by atoms with E-state index >= 15 is 0 Å². The van der Waals surface area contributed by atoms with Gasteiger partial charge in [-0.15, -0.1) is 10.2 Å². The third-order valence-corrected chi connectivity index (χ3v) is 5.84. The molecule has 0 aliphatic carbocycles. The van der Waals surface area contributed by atoms with E-state index in [1.807, 2.05) is 41.0 Å². The molecule has 1 amide bonds. The Balaban J connectivity index is 1.50. The van der Waals surface area contributed by atoms with Crippen LogP contribution < -0.4 is 10.1 Å². The maximum Gasteiger partial charge on any atom is 0.338 e.